The third kappa shape index (κ3) is 220. The van der Waals surface area contributed by atoms with Crippen molar-refractivity contribution in [1.29, 1.82) is 0 Å². The van der Waals surface area contributed by atoms with Gasteiger partial charge >= 0.3 is 0 Å². The summed E-state index contributed by atoms with van der Waals surface area (Å²) in [5.74, 6) is 0.00463. The van der Waals surface area contributed by atoms with Crippen LogP contribution in [0, 0.1) is 0 Å². The summed E-state index contributed by atoms with van der Waals surface area (Å²) in [4.78, 5) is 9.70. The van der Waals surface area contributed by atoms with Crippen LogP contribution in [0.2, 0.25) is 0 Å². The number of carbonyl (C=O) groups excluding carboxylic acids is 1. The zero-order valence-corrected chi connectivity index (χ0v) is 8.49. The Morgan fingerprint density at radius 2 is 1.45 bits per heavy atom. The molecule has 0 aromatic heterocycles. The molecule has 0 saturated carbocycles. The highest BCUT2D eigenvalue weighted by atomic mass is 32.2. The third-order valence-corrected chi connectivity index (χ3v) is 0.352. The van der Waals surface area contributed by atoms with Crippen LogP contribution in [0.25, 0.3) is 0 Å². The van der Waals surface area contributed by atoms with Crippen molar-refractivity contribution in [2.45, 2.75) is 6.92 Å². The van der Waals surface area contributed by atoms with Crippen molar-refractivity contribution >= 4 is 16.7 Å². The molecule has 70 valence electrons. The molecule has 11 heavy (non-hydrogen) atoms. The molecule has 0 atom stereocenters. The first-order valence-electron chi connectivity index (χ1n) is 2.88. The Hall–Kier alpha value is -0.420. The van der Waals surface area contributed by atoms with E-state index in [1.807, 2.05) is 0 Å². The molecule has 0 radical (unpaired) electrons. The van der Waals surface area contributed by atoms with Crippen LogP contribution in [0.5, 0.6) is 0 Å². The highest BCUT2D eigenvalue weighted by molar-refractivity contribution is 7.83. The maximum atomic E-state index is 9.70. The van der Waals surface area contributed by atoms with Gasteiger partial charge in [0.15, 0.2) is 0 Å². The van der Waals surface area contributed by atoms with Crippen LogP contribution < -0.4 is 5.32 Å². The summed E-state index contributed by atoms with van der Waals surface area (Å²) in [5, 5.41) is 9.39. The van der Waals surface area contributed by atoms with Crippen molar-refractivity contribution in [2.24, 2.45) is 0 Å². The second kappa shape index (κ2) is 16.3. The van der Waals surface area contributed by atoms with Crippen molar-refractivity contribution in [2.75, 3.05) is 26.7 Å². The summed E-state index contributed by atoms with van der Waals surface area (Å²) in [7, 11) is 1.99. The van der Waals surface area contributed by atoms with Gasteiger partial charge in [0.1, 0.15) is 0 Å². The van der Waals surface area contributed by atoms with Crippen LogP contribution >= 0.6 is 0 Å². The van der Waals surface area contributed by atoms with Gasteiger partial charge in [-0.2, -0.15) is 0 Å². The second-order valence-corrected chi connectivity index (χ2v) is 3.03. The van der Waals surface area contributed by atoms with Gasteiger partial charge in [0, 0.05) is 44.4 Å². The summed E-state index contributed by atoms with van der Waals surface area (Å²) < 4.78 is 9.56. The molecule has 0 aromatic carbocycles. The molecule has 0 aliphatic heterocycles. The minimum atomic E-state index is -0.611. The first-order valence-corrected chi connectivity index (χ1v) is 4.85. The van der Waals surface area contributed by atoms with E-state index in [9.17, 15) is 9.00 Å². The van der Waals surface area contributed by atoms with E-state index in [4.69, 9.17) is 5.11 Å². The number of carbonyl (C=O) groups is 1. The Balaban J connectivity index is -0.0000000965. The largest absolute Gasteiger partial charge is 0.400 e. The van der Waals surface area contributed by atoms with Crippen molar-refractivity contribution in [1.82, 2.24) is 5.32 Å². The number of aliphatic hydroxyl groups is 1. The van der Waals surface area contributed by atoms with Crippen LogP contribution in [-0.4, -0.2) is 41.9 Å². The number of amides is 1. The number of hydrogen-bond acceptors (Lipinski definition) is 3. The molecule has 0 spiro atoms. The lowest BCUT2D eigenvalue weighted by atomic mass is 10.7. The molecule has 0 aromatic rings. The maximum Gasteiger partial charge on any atom is 0.216 e. The molecule has 4 nitrogen and oxygen atoms in total. The average Bonchev–Trinajstić information content (AvgIpc) is 1.91. The van der Waals surface area contributed by atoms with E-state index in [1.165, 1.54) is 6.92 Å². The smallest absolute Gasteiger partial charge is 0.216 e. The Morgan fingerprint density at radius 3 is 1.45 bits per heavy atom. The van der Waals surface area contributed by atoms with Gasteiger partial charge in [-0.3, -0.25) is 9.00 Å². The summed E-state index contributed by atoms with van der Waals surface area (Å²) >= 11 is 0. The lowest BCUT2D eigenvalue weighted by Gasteiger charge is -1.80. The van der Waals surface area contributed by atoms with E-state index < -0.39 is 10.8 Å². The highest BCUT2D eigenvalue weighted by Gasteiger charge is 1.72. The van der Waals surface area contributed by atoms with Gasteiger partial charge in [-0.05, 0) is 0 Å². The Bertz CT molecular complexity index is 102. The fraction of sp³-hybridized carbons (Fsp3) is 0.833. The molecular weight excluding hydrogens is 166 g/mol. The van der Waals surface area contributed by atoms with Gasteiger partial charge in [-0.1, -0.05) is 0 Å². The molecule has 0 aliphatic carbocycles. The normalized spacial score (nSPS) is 6.82. The van der Waals surface area contributed by atoms with Gasteiger partial charge in [0.2, 0.25) is 5.91 Å². The van der Waals surface area contributed by atoms with Crippen LogP contribution in [0.3, 0.4) is 0 Å². The SMILES string of the molecule is CNC(C)=O.CO.CS(C)=O. The molecule has 0 fully saturated rings. The first-order chi connectivity index (χ1) is 5.00. The highest BCUT2D eigenvalue weighted by Crippen LogP contribution is 1.47. The predicted molar refractivity (Wildman–Crippen MR) is 47.9 cm³/mol. The average molecular weight is 183 g/mol. The Labute approximate surface area is 70.5 Å². The molecule has 0 saturated heterocycles. The van der Waals surface area contributed by atoms with Crippen molar-refractivity contribution in [3.63, 3.8) is 0 Å². The molecule has 0 unspecified atom stereocenters. The minimum Gasteiger partial charge on any atom is -0.400 e. The van der Waals surface area contributed by atoms with Gasteiger partial charge in [-0.25, -0.2) is 0 Å². The monoisotopic (exact) mass is 183 g/mol. The summed E-state index contributed by atoms with van der Waals surface area (Å²) in [6.45, 7) is 1.47. The molecule has 0 aliphatic rings. The molecule has 0 rings (SSSR count). The zero-order chi connectivity index (χ0) is 9.86. The van der Waals surface area contributed by atoms with Gasteiger partial charge in [0.05, 0.1) is 0 Å². The minimum absolute atomic E-state index is 0.00463. The second-order valence-electron chi connectivity index (χ2n) is 1.55. The van der Waals surface area contributed by atoms with Crippen molar-refractivity contribution in [3.05, 3.63) is 0 Å². The number of aliphatic hydroxyl groups excluding tert-OH is 1. The molecule has 0 bridgehead atoms. The van der Waals surface area contributed by atoms with Crippen molar-refractivity contribution < 1.29 is 14.1 Å². The van der Waals surface area contributed by atoms with E-state index in [1.54, 1.807) is 19.6 Å². The Morgan fingerprint density at radius 1 is 1.36 bits per heavy atom. The summed E-state index contributed by atoms with van der Waals surface area (Å²) in [5.41, 5.74) is 0. The first kappa shape index (κ1) is 16.9. The van der Waals surface area contributed by atoms with Gasteiger partial charge < -0.3 is 10.4 Å². The van der Waals surface area contributed by atoms with E-state index in [2.05, 4.69) is 5.32 Å². The molecular formula is C6H17NO3S. The van der Waals surface area contributed by atoms with E-state index in [0.717, 1.165) is 7.11 Å². The topological polar surface area (TPSA) is 66.4 Å². The zero-order valence-electron chi connectivity index (χ0n) is 7.67. The lowest BCUT2D eigenvalue weighted by molar-refractivity contribution is -0.118. The molecule has 2 N–H and O–H groups in total. The number of nitrogens with one attached hydrogen (secondary N) is 1. The quantitative estimate of drug-likeness (QED) is 0.525. The van der Waals surface area contributed by atoms with E-state index >= 15 is 0 Å². The van der Waals surface area contributed by atoms with Crippen LogP contribution in [0.4, 0.5) is 0 Å². The summed E-state index contributed by atoms with van der Waals surface area (Å²) in [6, 6.07) is 0. The number of rotatable bonds is 0. The maximum absolute atomic E-state index is 9.70. The van der Waals surface area contributed by atoms with Crippen LogP contribution in [0.1, 0.15) is 6.92 Å². The standard InChI is InChI=1S/C3H7NO.C2H6OS.CH4O/c1-3(5)4-2;1-4(2)3;1-2/h1-2H3,(H,4,5);1-2H3;2H,1H3. The molecule has 0 heterocycles. The molecule has 5 heteroatoms. The van der Waals surface area contributed by atoms with Gasteiger partial charge in [-0.15, -0.1) is 0 Å². The predicted octanol–water partition coefficient (Wildman–Crippen LogP) is -0.644. The fourth-order valence-corrected chi connectivity index (χ4v) is 0. The van der Waals surface area contributed by atoms with Crippen LogP contribution in [-0.2, 0) is 15.6 Å². The molecule has 1 amide bonds. The van der Waals surface area contributed by atoms with Crippen molar-refractivity contribution in [3.8, 4) is 0 Å². The number of hydrogen-bond donors (Lipinski definition) is 2. The fourth-order valence-electron chi connectivity index (χ4n) is 0. The van der Waals surface area contributed by atoms with E-state index in [0.29, 0.717) is 0 Å². The van der Waals surface area contributed by atoms with Gasteiger partial charge in [0.25, 0.3) is 0 Å². The lowest BCUT2D eigenvalue weighted by Crippen LogP contribution is -2.11. The third-order valence-electron chi connectivity index (χ3n) is 0.352. The van der Waals surface area contributed by atoms with Crippen LogP contribution in [0.15, 0.2) is 0 Å². The van der Waals surface area contributed by atoms with E-state index in [-0.39, 0.29) is 5.91 Å². The Kier molecular flexibility index (Phi) is 25.0. The summed E-state index contributed by atoms with van der Waals surface area (Å²) in [6.07, 6.45) is 3.28.